The maximum Gasteiger partial charge on any atom is 0.208 e. The van der Waals surface area contributed by atoms with Crippen molar-refractivity contribution in [1.82, 2.24) is 4.98 Å². The number of pyridine rings is 1. The molecule has 3 nitrogen and oxygen atoms in total. The molecule has 0 aliphatic rings. The van der Waals surface area contributed by atoms with Gasteiger partial charge in [-0.25, -0.2) is 8.42 Å². The van der Waals surface area contributed by atoms with E-state index in [9.17, 15) is 8.42 Å². The van der Waals surface area contributed by atoms with Gasteiger partial charge in [0, 0.05) is 17.1 Å². The Morgan fingerprint density at radius 2 is 1.71 bits per heavy atom. The molecule has 0 saturated heterocycles. The van der Waals surface area contributed by atoms with E-state index >= 15 is 0 Å². The average molecular weight is 295 g/mol. The zero-order chi connectivity index (χ0) is 14.9. The van der Waals surface area contributed by atoms with Crippen LogP contribution in [0.15, 0.2) is 77.2 Å². The molecule has 0 N–H and O–H groups in total. The molecule has 0 bridgehead atoms. The second-order valence-electron chi connectivity index (χ2n) is 4.61. The molecule has 2 aromatic carbocycles. The average Bonchev–Trinajstić information content (AvgIpc) is 2.54. The molecule has 0 aliphatic heterocycles. The van der Waals surface area contributed by atoms with Crippen molar-refractivity contribution in [2.24, 2.45) is 0 Å². The summed E-state index contributed by atoms with van der Waals surface area (Å²) < 4.78 is 25.1. The van der Waals surface area contributed by atoms with Gasteiger partial charge in [-0.05, 0) is 18.2 Å². The minimum Gasteiger partial charge on any atom is -0.254 e. The zero-order valence-corrected chi connectivity index (χ0v) is 12.0. The van der Waals surface area contributed by atoms with Crippen LogP contribution in [0.2, 0.25) is 0 Å². The first-order valence-corrected chi connectivity index (χ1v) is 7.92. The van der Waals surface area contributed by atoms with E-state index in [0.29, 0.717) is 0 Å². The smallest absolute Gasteiger partial charge is 0.208 e. The van der Waals surface area contributed by atoms with Crippen LogP contribution in [0.4, 0.5) is 0 Å². The highest BCUT2D eigenvalue weighted by Crippen LogP contribution is 2.24. The normalized spacial score (nSPS) is 11.4. The van der Waals surface area contributed by atoms with Crippen LogP contribution in [0.25, 0.3) is 17.0 Å². The van der Waals surface area contributed by atoms with Gasteiger partial charge in [0.2, 0.25) is 9.84 Å². The maximum absolute atomic E-state index is 12.6. The van der Waals surface area contributed by atoms with Crippen LogP contribution in [0.1, 0.15) is 5.56 Å². The van der Waals surface area contributed by atoms with Gasteiger partial charge in [0.15, 0.2) is 0 Å². The first-order chi connectivity index (χ1) is 10.1. The molecule has 1 aromatic heterocycles. The van der Waals surface area contributed by atoms with E-state index in [1.165, 1.54) is 6.20 Å². The molecular weight excluding hydrogens is 282 g/mol. The van der Waals surface area contributed by atoms with E-state index in [1.54, 1.807) is 42.5 Å². The summed E-state index contributed by atoms with van der Waals surface area (Å²) >= 11 is 0. The lowest BCUT2D eigenvalue weighted by molar-refractivity contribution is 0.596. The fraction of sp³-hybridized carbons (Fsp3) is 0. The lowest BCUT2D eigenvalue weighted by Crippen LogP contribution is -2.02. The molecule has 4 heteroatoms. The molecule has 1 heterocycles. The molecule has 104 valence electrons. The first kappa shape index (κ1) is 13.5. The van der Waals surface area contributed by atoms with Crippen LogP contribution in [0.3, 0.4) is 0 Å². The third kappa shape index (κ3) is 2.34. The Hall–Kier alpha value is -2.46. The Kier molecular flexibility index (Phi) is 3.31. The number of sulfone groups is 1. The second kappa shape index (κ2) is 5.14. The maximum atomic E-state index is 12.6. The van der Waals surface area contributed by atoms with Gasteiger partial charge in [0.25, 0.3) is 0 Å². The number of benzene rings is 2. The lowest BCUT2D eigenvalue weighted by atomic mass is 10.1. The molecule has 0 fully saturated rings. The highest BCUT2D eigenvalue weighted by Gasteiger charge is 2.18. The molecule has 3 rings (SSSR count). The first-order valence-electron chi connectivity index (χ1n) is 6.44. The molecule has 0 saturated carbocycles. The van der Waals surface area contributed by atoms with Crippen molar-refractivity contribution in [3.63, 3.8) is 0 Å². The van der Waals surface area contributed by atoms with Gasteiger partial charge < -0.3 is 0 Å². The predicted molar refractivity (Wildman–Crippen MR) is 83.7 cm³/mol. The molecule has 0 spiro atoms. The third-order valence-corrected chi connectivity index (χ3v) is 5.04. The summed E-state index contributed by atoms with van der Waals surface area (Å²) in [5.41, 5.74) is 1.63. The fourth-order valence-corrected chi connectivity index (χ4v) is 3.47. The van der Waals surface area contributed by atoms with E-state index in [2.05, 4.69) is 11.6 Å². The van der Waals surface area contributed by atoms with Crippen molar-refractivity contribution < 1.29 is 8.42 Å². The standard InChI is InChI=1S/C17H13NO2S/c1-2-13-7-6-8-14-11-16(12-18-17(13)14)21(19,20)15-9-4-3-5-10-15/h2-12H,1H2. The summed E-state index contributed by atoms with van der Waals surface area (Å²) in [5, 5.41) is 0.782. The van der Waals surface area contributed by atoms with E-state index in [-0.39, 0.29) is 9.79 Å². The van der Waals surface area contributed by atoms with Crippen LogP contribution in [-0.2, 0) is 9.84 Å². The van der Waals surface area contributed by atoms with Crippen LogP contribution >= 0.6 is 0 Å². The van der Waals surface area contributed by atoms with Gasteiger partial charge in [-0.3, -0.25) is 4.98 Å². The molecule has 0 atom stereocenters. The molecule has 0 unspecified atom stereocenters. The van der Waals surface area contributed by atoms with Crippen molar-refractivity contribution in [2.45, 2.75) is 9.79 Å². The molecule has 21 heavy (non-hydrogen) atoms. The highest BCUT2D eigenvalue weighted by molar-refractivity contribution is 7.91. The van der Waals surface area contributed by atoms with Crippen LogP contribution < -0.4 is 0 Å². The number of hydrogen-bond acceptors (Lipinski definition) is 3. The Morgan fingerprint density at radius 3 is 2.43 bits per heavy atom. The van der Waals surface area contributed by atoms with Crippen LogP contribution in [0.5, 0.6) is 0 Å². The number of para-hydroxylation sites is 1. The zero-order valence-electron chi connectivity index (χ0n) is 11.2. The Morgan fingerprint density at radius 1 is 0.952 bits per heavy atom. The summed E-state index contributed by atoms with van der Waals surface area (Å²) in [6.07, 6.45) is 3.11. The monoisotopic (exact) mass is 295 g/mol. The topological polar surface area (TPSA) is 47.0 Å². The Balaban J connectivity index is 2.21. The summed E-state index contributed by atoms with van der Waals surface area (Å²) in [6.45, 7) is 3.74. The summed E-state index contributed by atoms with van der Waals surface area (Å²) in [7, 11) is -3.54. The molecule has 0 radical (unpaired) electrons. The van der Waals surface area contributed by atoms with Gasteiger partial charge in [-0.15, -0.1) is 0 Å². The predicted octanol–water partition coefficient (Wildman–Crippen LogP) is 3.71. The van der Waals surface area contributed by atoms with Crippen molar-refractivity contribution in [3.05, 3.63) is 72.9 Å². The largest absolute Gasteiger partial charge is 0.254 e. The van der Waals surface area contributed by atoms with Gasteiger partial charge in [0.1, 0.15) is 0 Å². The lowest BCUT2D eigenvalue weighted by Gasteiger charge is -2.06. The van der Waals surface area contributed by atoms with Gasteiger partial charge in [0.05, 0.1) is 15.3 Å². The molecule has 0 amide bonds. The molecule has 0 aliphatic carbocycles. The molecule has 3 aromatic rings. The number of fused-ring (bicyclic) bond motifs is 1. The van der Waals surface area contributed by atoms with E-state index in [4.69, 9.17) is 0 Å². The minimum absolute atomic E-state index is 0.197. The quantitative estimate of drug-likeness (QED) is 0.740. The van der Waals surface area contributed by atoms with E-state index in [0.717, 1.165) is 16.5 Å². The third-order valence-electron chi connectivity index (χ3n) is 3.30. The van der Waals surface area contributed by atoms with Crippen LogP contribution in [-0.4, -0.2) is 13.4 Å². The Bertz CT molecular complexity index is 916. The number of aromatic nitrogens is 1. The van der Waals surface area contributed by atoms with Crippen LogP contribution in [0, 0.1) is 0 Å². The second-order valence-corrected chi connectivity index (χ2v) is 6.56. The van der Waals surface area contributed by atoms with Gasteiger partial charge in [-0.2, -0.15) is 0 Å². The van der Waals surface area contributed by atoms with Gasteiger partial charge >= 0.3 is 0 Å². The summed E-state index contributed by atoms with van der Waals surface area (Å²) in [4.78, 5) is 4.76. The highest BCUT2D eigenvalue weighted by atomic mass is 32.2. The minimum atomic E-state index is -3.54. The number of hydrogen-bond donors (Lipinski definition) is 0. The number of rotatable bonds is 3. The Labute approximate surface area is 123 Å². The van der Waals surface area contributed by atoms with Crippen molar-refractivity contribution in [3.8, 4) is 0 Å². The summed E-state index contributed by atoms with van der Waals surface area (Å²) in [6, 6.07) is 15.6. The van der Waals surface area contributed by atoms with Gasteiger partial charge in [-0.1, -0.05) is 49.1 Å². The van der Waals surface area contributed by atoms with E-state index in [1.807, 2.05) is 18.2 Å². The van der Waals surface area contributed by atoms with E-state index < -0.39 is 9.84 Å². The number of nitrogens with zero attached hydrogens (tertiary/aromatic N) is 1. The van der Waals surface area contributed by atoms with Crippen molar-refractivity contribution >= 4 is 26.8 Å². The molecular formula is C17H13NO2S. The fourth-order valence-electron chi connectivity index (χ4n) is 2.21. The SMILES string of the molecule is C=Cc1cccc2cc(S(=O)(=O)c3ccccc3)cnc12. The van der Waals surface area contributed by atoms with Crippen molar-refractivity contribution in [2.75, 3.05) is 0 Å². The van der Waals surface area contributed by atoms with Crippen molar-refractivity contribution in [1.29, 1.82) is 0 Å². The summed E-state index contributed by atoms with van der Waals surface area (Å²) in [5.74, 6) is 0.